The summed E-state index contributed by atoms with van der Waals surface area (Å²) in [5, 5.41) is 9.02. The van der Waals surface area contributed by atoms with Crippen molar-refractivity contribution in [3.63, 3.8) is 0 Å². The molecule has 1 N–H and O–H groups in total. The molecule has 0 aromatic carbocycles. The maximum absolute atomic E-state index is 12.1. The van der Waals surface area contributed by atoms with Crippen LogP contribution >= 0.6 is 0 Å². The first-order valence-electron chi connectivity index (χ1n) is 6.08. The third-order valence-electron chi connectivity index (χ3n) is 3.57. The average Bonchev–Trinajstić information content (AvgIpc) is 2.94. The second-order valence-corrected chi connectivity index (χ2v) is 4.65. The summed E-state index contributed by atoms with van der Waals surface area (Å²) in [6.07, 6.45) is 0. The van der Waals surface area contributed by atoms with E-state index in [9.17, 15) is 9.59 Å². The van der Waals surface area contributed by atoms with Gasteiger partial charge in [0.15, 0.2) is 11.2 Å². The maximum Gasteiger partial charge on any atom is 0.332 e. The number of anilines is 1. The van der Waals surface area contributed by atoms with Crippen molar-refractivity contribution in [2.75, 3.05) is 24.6 Å². The Hall–Kier alpha value is -2.09. The van der Waals surface area contributed by atoms with Crippen molar-refractivity contribution < 1.29 is 5.11 Å². The predicted octanol–water partition coefficient (Wildman–Crippen LogP) is -1.75. The van der Waals surface area contributed by atoms with Gasteiger partial charge >= 0.3 is 5.69 Å². The molecule has 0 bridgehead atoms. The molecule has 0 spiro atoms. The van der Waals surface area contributed by atoms with E-state index in [0.29, 0.717) is 30.2 Å². The number of aryl methyl sites for hydroxylation is 1. The van der Waals surface area contributed by atoms with Gasteiger partial charge in [0, 0.05) is 33.7 Å². The van der Waals surface area contributed by atoms with E-state index >= 15 is 0 Å². The lowest BCUT2D eigenvalue weighted by Crippen LogP contribution is -2.37. The molecule has 1 aliphatic rings. The fourth-order valence-electron chi connectivity index (χ4n) is 2.58. The van der Waals surface area contributed by atoms with Crippen LogP contribution in [0.2, 0.25) is 0 Å². The van der Waals surface area contributed by atoms with Gasteiger partial charge in [0.25, 0.3) is 5.56 Å². The molecule has 3 rings (SSSR count). The van der Waals surface area contributed by atoms with Crippen LogP contribution in [0.1, 0.15) is 0 Å². The number of nitrogens with zero attached hydrogens (tertiary/aromatic N) is 5. The molecule has 0 saturated heterocycles. The Morgan fingerprint density at radius 3 is 2.63 bits per heavy atom. The SMILES string of the molecule is Cn1c(=O)c2nc3n(c2n(C)c1=O)CCN3CCO. The highest BCUT2D eigenvalue weighted by atomic mass is 16.3. The molecule has 0 saturated carbocycles. The molecule has 102 valence electrons. The standard InChI is InChI=1S/C11H15N5O3/c1-13-8-7(9(18)14(2)11(13)19)12-10-15(5-6-17)3-4-16(8)10/h17H,3-6H2,1-2H3. The number of aliphatic hydroxyl groups excluding tert-OH is 1. The van der Waals surface area contributed by atoms with E-state index in [1.807, 2.05) is 9.47 Å². The minimum Gasteiger partial charge on any atom is -0.395 e. The molecule has 8 heteroatoms. The van der Waals surface area contributed by atoms with Crippen LogP contribution < -0.4 is 16.1 Å². The number of hydrogen-bond acceptors (Lipinski definition) is 5. The second-order valence-electron chi connectivity index (χ2n) is 4.65. The molecular weight excluding hydrogens is 250 g/mol. The Morgan fingerprint density at radius 2 is 1.95 bits per heavy atom. The van der Waals surface area contributed by atoms with E-state index < -0.39 is 0 Å². The number of imidazole rings is 1. The average molecular weight is 265 g/mol. The van der Waals surface area contributed by atoms with Crippen LogP contribution in [0.15, 0.2) is 9.59 Å². The van der Waals surface area contributed by atoms with Crippen LogP contribution in [0.4, 0.5) is 5.95 Å². The Bertz CT molecular complexity index is 769. The fourth-order valence-corrected chi connectivity index (χ4v) is 2.58. The highest BCUT2D eigenvalue weighted by molar-refractivity contribution is 5.75. The van der Waals surface area contributed by atoms with Gasteiger partial charge in [-0.2, -0.15) is 0 Å². The summed E-state index contributed by atoms with van der Waals surface area (Å²) in [5.74, 6) is 0.641. The molecule has 3 heterocycles. The van der Waals surface area contributed by atoms with Gasteiger partial charge in [0.05, 0.1) is 6.61 Å². The second kappa shape index (κ2) is 3.95. The van der Waals surface area contributed by atoms with Crippen molar-refractivity contribution in [1.29, 1.82) is 0 Å². The number of β-amino-alcohol motifs (C(OH)–C–C–N with tert-alkyl or cyclic N) is 1. The summed E-state index contributed by atoms with van der Waals surface area (Å²) < 4.78 is 4.35. The van der Waals surface area contributed by atoms with E-state index in [2.05, 4.69) is 4.98 Å². The summed E-state index contributed by atoms with van der Waals surface area (Å²) in [4.78, 5) is 30.3. The van der Waals surface area contributed by atoms with Gasteiger partial charge in [-0.25, -0.2) is 9.78 Å². The number of hydrogen-bond donors (Lipinski definition) is 1. The van der Waals surface area contributed by atoms with Gasteiger partial charge in [0.1, 0.15) is 0 Å². The van der Waals surface area contributed by atoms with Gasteiger partial charge in [-0.15, -0.1) is 0 Å². The van der Waals surface area contributed by atoms with E-state index in [1.54, 1.807) is 7.05 Å². The number of aliphatic hydroxyl groups is 1. The Kier molecular flexibility index (Phi) is 2.49. The van der Waals surface area contributed by atoms with Gasteiger partial charge < -0.3 is 10.0 Å². The lowest BCUT2D eigenvalue weighted by atomic mass is 10.5. The quantitative estimate of drug-likeness (QED) is 0.695. The van der Waals surface area contributed by atoms with Crippen molar-refractivity contribution in [2.45, 2.75) is 6.54 Å². The zero-order valence-electron chi connectivity index (χ0n) is 10.8. The summed E-state index contributed by atoms with van der Waals surface area (Å²) in [7, 11) is 3.08. The highest BCUT2D eigenvalue weighted by Gasteiger charge is 2.26. The maximum atomic E-state index is 12.1. The lowest BCUT2D eigenvalue weighted by molar-refractivity contribution is 0.302. The van der Waals surface area contributed by atoms with E-state index in [-0.39, 0.29) is 17.9 Å². The zero-order chi connectivity index (χ0) is 13.7. The smallest absolute Gasteiger partial charge is 0.332 e. The van der Waals surface area contributed by atoms with Crippen LogP contribution in [0, 0.1) is 0 Å². The molecule has 19 heavy (non-hydrogen) atoms. The normalized spacial score (nSPS) is 14.4. The highest BCUT2D eigenvalue weighted by Crippen LogP contribution is 2.24. The first kappa shape index (κ1) is 12.0. The molecule has 1 aliphatic heterocycles. The summed E-state index contributed by atoms with van der Waals surface area (Å²) in [6.45, 7) is 1.88. The lowest BCUT2D eigenvalue weighted by Gasteiger charge is -2.12. The Labute approximate surface area is 108 Å². The van der Waals surface area contributed by atoms with Gasteiger partial charge in [-0.1, -0.05) is 0 Å². The molecule has 8 nitrogen and oxygen atoms in total. The van der Waals surface area contributed by atoms with Crippen LogP contribution in [0.25, 0.3) is 11.2 Å². The molecule has 2 aromatic rings. The number of rotatable bonds is 2. The minimum absolute atomic E-state index is 0.0279. The van der Waals surface area contributed by atoms with Crippen molar-refractivity contribution in [3.05, 3.63) is 20.8 Å². The minimum atomic E-state index is -0.385. The monoisotopic (exact) mass is 265 g/mol. The summed E-state index contributed by atoms with van der Waals surface area (Å²) in [6, 6.07) is 0. The van der Waals surface area contributed by atoms with E-state index in [1.165, 1.54) is 11.6 Å². The molecular formula is C11H15N5O3. The number of fused-ring (bicyclic) bond motifs is 3. The molecule has 0 radical (unpaired) electrons. The molecule has 0 fully saturated rings. The predicted molar refractivity (Wildman–Crippen MR) is 69.5 cm³/mol. The van der Waals surface area contributed by atoms with Crippen molar-refractivity contribution in [1.82, 2.24) is 18.7 Å². The van der Waals surface area contributed by atoms with Gasteiger partial charge in [0.2, 0.25) is 5.95 Å². The third kappa shape index (κ3) is 1.46. The van der Waals surface area contributed by atoms with Crippen LogP contribution in [0.3, 0.4) is 0 Å². The van der Waals surface area contributed by atoms with Gasteiger partial charge in [-0.05, 0) is 0 Å². The largest absolute Gasteiger partial charge is 0.395 e. The number of aromatic nitrogens is 4. The zero-order valence-corrected chi connectivity index (χ0v) is 10.8. The molecule has 0 unspecified atom stereocenters. The first-order valence-corrected chi connectivity index (χ1v) is 6.08. The van der Waals surface area contributed by atoms with E-state index in [4.69, 9.17) is 5.11 Å². The van der Waals surface area contributed by atoms with Crippen LogP contribution in [-0.4, -0.2) is 43.5 Å². The third-order valence-corrected chi connectivity index (χ3v) is 3.57. The summed E-state index contributed by atoms with van der Waals surface area (Å²) in [5.41, 5.74) is 0.0931. The molecule has 2 aromatic heterocycles. The first-order chi connectivity index (χ1) is 9.06. The molecule has 0 atom stereocenters. The topological polar surface area (TPSA) is 85.3 Å². The summed E-state index contributed by atoms with van der Waals surface area (Å²) >= 11 is 0. The van der Waals surface area contributed by atoms with Crippen molar-refractivity contribution >= 4 is 17.1 Å². The van der Waals surface area contributed by atoms with Crippen LogP contribution in [0.5, 0.6) is 0 Å². The Balaban J connectivity index is 2.37. The fraction of sp³-hybridized carbons (Fsp3) is 0.545. The molecule has 0 amide bonds. The molecule has 0 aliphatic carbocycles. The van der Waals surface area contributed by atoms with Crippen molar-refractivity contribution in [2.24, 2.45) is 14.1 Å². The van der Waals surface area contributed by atoms with E-state index in [0.717, 1.165) is 11.1 Å². The Morgan fingerprint density at radius 1 is 1.21 bits per heavy atom. The van der Waals surface area contributed by atoms with Crippen molar-refractivity contribution in [3.8, 4) is 0 Å². The van der Waals surface area contributed by atoms with Crippen LogP contribution in [-0.2, 0) is 20.6 Å². The van der Waals surface area contributed by atoms with Gasteiger partial charge in [-0.3, -0.25) is 18.5 Å².